The van der Waals surface area contributed by atoms with Crippen molar-refractivity contribution in [1.29, 1.82) is 0 Å². The molecule has 3 atom stereocenters. The summed E-state index contributed by atoms with van der Waals surface area (Å²) in [6.45, 7) is -0.587. The van der Waals surface area contributed by atoms with Crippen LogP contribution in [0.3, 0.4) is 0 Å². The van der Waals surface area contributed by atoms with Crippen molar-refractivity contribution >= 4 is 29.5 Å². The van der Waals surface area contributed by atoms with Crippen molar-refractivity contribution in [2.45, 2.75) is 50.8 Å². The van der Waals surface area contributed by atoms with Crippen LogP contribution in [0.1, 0.15) is 49.3 Å². The number of halogens is 1. The van der Waals surface area contributed by atoms with Crippen LogP contribution in [-0.4, -0.2) is 60.2 Å². The predicted octanol–water partition coefficient (Wildman–Crippen LogP) is 2.81. The average molecular weight is 554 g/mol. The molecule has 0 radical (unpaired) electrons. The number of guanidine groups is 1. The van der Waals surface area contributed by atoms with Gasteiger partial charge in [0.2, 0.25) is 0 Å². The Morgan fingerprint density at radius 2 is 1.73 bits per heavy atom. The number of aliphatic imine (C=N–C) groups is 1. The minimum absolute atomic E-state index is 0.0281. The molecular formula is C29H36FN5O5. The Labute approximate surface area is 232 Å². The van der Waals surface area contributed by atoms with Crippen LogP contribution in [0.2, 0.25) is 0 Å². The van der Waals surface area contributed by atoms with E-state index in [1.165, 1.54) is 4.90 Å². The normalized spacial score (nSPS) is 16.0. The zero-order chi connectivity index (χ0) is 28.9. The van der Waals surface area contributed by atoms with Crippen molar-refractivity contribution in [2.75, 3.05) is 19.8 Å². The molecule has 0 saturated carbocycles. The average Bonchev–Trinajstić information content (AvgIpc) is 3.47. The molecule has 0 aromatic heterocycles. The van der Waals surface area contributed by atoms with Gasteiger partial charge < -0.3 is 26.4 Å². The van der Waals surface area contributed by atoms with Gasteiger partial charge in [-0.15, -0.1) is 0 Å². The highest BCUT2D eigenvalue weighted by atomic mass is 19.1. The van der Waals surface area contributed by atoms with Gasteiger partial charge in [0, 0.05) is 25.4 Å². The number of nitrogens with zero attached hydrogens (tertiary/aromatic N) is 2. The van der Waals surface area contributed by atoms with Gasteiger partial charge in [0.05, 0.1) is 6.04 Å². The van der Waals surface area contributed by atoms with Crippen molar-refractivity contribution < 1.29 is 28.3 Å². The molecule has 2 aromatic rings. The Morgan fingerprint density at radius 3 is 2.38 bits per heavy atom. The zero-order valence-electron chi connectivity index (χ0n) is 22.3. The highest BCUT2D eigenvalue weighted by Gasteiger charge is 2.39. The number of rotatable bonds is 14. The fourth-order valence-electron chi connectivity index (χ4n) is 4.76. The van der Waals surface area contributed by atoms with Crippen molar-refractivity contribution in [2.24, 2.45) is 22.4 Å². The van der Waals surface area contributed by atoms with E-state index in [0.717, 1.165) is 5.56 Å². The summed E-state index contributed by atoms with van der Waals surface area (Å²) >= 11 is 0. The highest BCUT2D eigenvalue weighted by Crippen LogP contribution is 2.27. The minimum atomic E-state index is -1.18. The van der Waals surface area contributed by atoms with Gasteiger partial charge in [0.15, 0.2) is 17.5 Å². The van der Waals surface area contributed by atoms with Crippen LogP contribution >= 0.6 is 0 Å². The number of nitrogens with one attached hydrogen (secondary N) is 1. The first-order valence-electron chi connectivity index (χ1n) is 13.3. The zero-order valence-corrected chi connectivity index (χ0v) is 22.3. The van der Waals surface area contributed by atoms with E-state index >= 15 is 0 Å². The topological polar surface area (TPSA) is 157 Å². The molecule has 3 rings (SSSR count). The number of ketones is 2. The fraction of sp³-hybridized carbons (Fsp3) is 0.414. The highest BCUT2D eigenvalue weighted by molar-refractivity contribution is 5.95. The molecule has 1 heterocycles. The molecule has 2 aromatic carbocycles. The standard InChI is InChI=1S/C29H36FN5O5/c30-18-25(37)22(13-7-15-33-28(31)32)17-24(36)23-14-8-16-35(23)27(38)26(21-11-5-2-6-12-21)34-29(39)40-19-20-9-3-1-4-10-20/h1-6,9-12,22-23,26H,7-8,13-19H2,(H,34,39)(H4,31,32,33)/t22-,23+,26+/m1/s1. The summed E-state index contributed by atoms with van der Waals surface area (Å²) in [4.78, 5) is 57.3. The lowest BCUT2D eigenvalue weighted by Crippen LogP contribution is -2.47. The third-order valence-corrected chi connectivity index (χ3v) is 6.80. The molecule has 0 spiro atoms. The molecular weight excluding hydrogens is 517 g/mol. The Balaban J connectivity index is 1.70. The van der Waals surface area contributed by atoms with Crippen molar-refractivity contribution in [3.8, 4) is 0 Å². The molecule has 10 nitrogen and oxygen atoms in total. The Kier molecular flexibility index (Phi) is 11.6. The van der Waals surface area contributed by atoms with Gasteiger partial charge in [0.25, 0.3) is 5.91 Å². The molecule has 1 aliphatic rings. The maximum Gasteiger partial charge on any atom is 0.408 e. The predicted molar refractivity (Wildman–Crippen MR) is 148 cm³/mol. The number of carbonyl (C=O) groups excluding carboxylic acids is 4. The molecule has 2 amide bonds. The van der Waals surface area contributed by atoms with Gasteiger partial charge in [0.1, 0.15) is 19.3 Å². The molecule has 11 heteroatoms. The number of amides is 2. The molecule has 1 aliphatic heterocycles. The van der Waals surface area contributed by atoms with E-state index in [1.54, 1.807) is 30.3 Å². The van der Waals surface area contributed by atoms with Crippen LogP contribution in [0.5, 0.6) is 0 Å². The quantitative estimate of drug-likeness (QED) is 0.184. The van der Waals surface area contributed by atoms with Gasteiger partial charge in [-0.3, -0.25) is 19.4 Å². The number of Topliss-reactive ketones (excluding diaryl/α,β-unsaturated/α-hetero) is 2. The number of alkyl carbamates (subject to hydrolysis) is 1. The van der Waals surface area contributed by atoms with Crippen LogP contribution in [0.4, 0.5) is 9.18 Å². The molecule has 40 heavy (non-hydrogen) atoms. The molecule has 0 aliphatic carbocycles. The second-order valence-electron chi connectivity index (χ2n) is 9.66. The lowest BCUT2D eigenvalue weighted by Gasteiger charge is -2.29. The smallest absolute Gasteiger partial charge is 0.408 e. The van der Waals surface area contributed by atoms with Crippen LogP contribution < -0.4 is 16.8 Å². The lowest BCUT2D eigenvalue weighted by molar-refractivity contribution is -0.140. The Bertz CT molecular complexity index is 1170. The number of carbonyl (C=O) groups is 4. The van der Waals surface area contributed by atoms with Crippen LogP contribution in [0, 0.1) is 5.92 Å². The maximum absolute atomic E-state index is 13.8. The van der Waals surface area contributed by atoms with Crippen molar-refractivity contribution in [3.63, 3.8) is 0 Å². The van der Waals surface area contributed by atoms with Crippen LogP contribution in [0.15, 0.2) is 65.7 Å². The van der Waals surface area contributed by atoms with E-state index in [2.05, 4.69) is 10.3 Å². The second-order valence-corrected chi connectivity index (χ2v) is 9.66. The van der Waals surface area contributed by atoms with E-state index in [1.807, 2.05) is 30.3 Å². The summed E-state index contributed by atoms with van der Waals surface area (Å²) in [7, 11) is 0. The van der Waals surface area contributed by atoms with E-state index in [-0.39, 0.29) is 37.7 Å². The number of likely N-dealkylation sites (tertiary alicyclic amines) is 1. The maximum atomic E-state index is 13.8. The summed E-state index contributed by atoms with van der Waals surface area (Å²) in [5.41, 5.74) is 12.0. The summed E-state index contributed by atoms with van der Waals surface area (Å²) in [5, 5.41) is 2.65. The number of nitrogens with two attached hydrogens (primary N) is 2. The first kappa shape index (κ1) is 30.3. The van der Waals surface area contributed by atoms with Crippen LogP contribution in [-0.2, 0) is 25.7 Å². The number of alkyl halides is 1. The van der Waals surface area contributed by atoms with Gasteiger partial charge in [-0.25, -0.2) is 9.18 Å². The number of benzene rings is 2. The first-order valence-corrected chi connectivity index (χ1v) is 13.3. The summed E-state index contributed by atoms with van der Waals surface area (Å²) in [5.74, 6) is -2.37. The molecule has 1 fully saturated rings. The SMILES string of the molecule is NC(N)=NCCC[C@H](CC(=O)[C@@H]1CCCN1C(=O)[C@@H](NC(=O)OCc1ccccc1)c1ccccc1)C(=O)CF. The van der Waals surface area contributed by atoms with Gasteiger partial charge >= 0.3 is 6.09 Å². The summed E-state index contributed by atoms with van der Waals surface area (Å²) in [6, 6.07) is 16.0. The van der Waals surface area contributed by atoms with E-state index in [0.29, 0.717) is 31.4 Å². The van der Waals surface area contributed by atoms with Crippen LogP contribution in [0.25, 0.3) is 0 Å². The second kappa shape index (κ2) is 15.3. The first-order chi connectivity index (χ1) is 19.3. The summed E-state index contributed by atoms with van der Waals surface area (Å²) < 4.78 is 18.6. The fourth-order valence-corrected chi connectivity index (χ4v) is 4.76. The third-order valence-electron chi connectivity index (χ3n) is 6.80. The van der Waals surface area contributed by atoms with E-state index < -0.39 is 42.5 Å². The molecule has 1 saturated heterocycles. The van der Waals surface area contributed by atoms with E-state index in [4.69, 9.17) is 16.2 Å². The van der Waals surface area contributed by atoms with Crippen molar-refractivity contribution in [3.05, 3.63) is 71.8 Å². The van der Waals surface area contributed by atoms with Gasteiger partial charge in [-0.05, 0) is 36.8 Å². The lowest BCUT2D eigenvalue weighted by atomic mass is 9.90. The molecule has 0 unspecified atom stereocenters. The number of hydrogen-bond acceptors (Lipinski definition) is 6. The number of ether oxygens (including phenoxy) is 1. The van der Waals surface area contributed by atoms with Gasteiger partial charge in [-0.1, -0.05) is 60.7 Å². The molecule has 0 bridgehead atoms. The third kappa shape index (κ3) is 8.89. The monoisotopic (exact) mass is 553 g/mol. The van der Waals surface area contributed by atoms with E-state index in [9.17, 15) is 23.6 Å². The number of hydrogen-bond donors (Lipinski definition) is 3. The van der Waals surface area contributed by atoms with Gasteiger partial charge in [-0.2, -0.15) is 0 Å². The molecule has 214 valence electrons. The Morgan fingerprint density at radius 1 is 1.05 bits per heavy atom. The largest absolute Gasteiger partial charge is 0.445 e. The van der Waals surface area contributed by atoms with Crippen molar-refractivity contribution in [1.82, 2.24) is 10.2 Å². The summed E-state index contributed by atoms with van der Waals surface area (Å²) in [6.07, 6.45) is 0.667. The minimum Gasteiger partial charge on any atom is -0.445 e. The molecule has 5 N–H and O–H groups in total. The Hall–Kier alpha value is -4.28.